The van der Waals surface area contributed by atoms with E-state index in [1.54, 1.807) is 37.3 Å². The van der Waals surface area contributed by atoms with Crippen LogP contribution in [-0.2, 0) is 0 Å². The summed E-state index contributed by atoms with van der Waals surface area (Å²) < 4.78 is 5.60. The molecule has 2 rings (SSSR count). The molecule has 3 nitrogen and oxygen atoms in total. The molecule has 0 atom stereocenters. The van der Waals surface area contributed by atoms with Crippen molar-refractivity contribution >= 4 is 29.2 Å². The number of carboxylic acid groups (broad SMARTS) is 1. The van der Waals surface area contributed by atoms with E-state index in [0.29, 0.717) is 27.1 Å². The van der Waals surface area contributed by atoms with Crippen molar-refractivity contribution < 1.29 is 14.6 Å². The Balaban J connectivity index is 2.29. The largest absolute Gasteiger partial charge is 0.478 e. The first-order chi connectivity index (χ1) is 8.97. The lowest BCUT2D eigenvalue weighted by atomic mass is 10.1. The smallest absolute Gasteiger partial charge is 0.335 e. The molecule has 5 heteroatoms. The molecule has 0 saturated heterocycles. The molecule has 0 fully saturated rings. The predicted octanol–water partition coefficient (Wildman–Crippen LogP) is 4.79. The number of hydrogen-bond acceptors (Lipinski definition) is 2. The fourth-order valence-corrected chi connectivity index (χ4v) is 2.07. The Labute approximate surface area is 120 Å². The lowest BCUT2D eigenvalue weighted by Crippen LogP contribution is -1.99. The van der Waals surface area contributed by atoms with Crippen molar-refractivity contribution in [1.29, 1.82) is 0 Å². The van der Waals surface area contributed by atoms with Gasteiger partial charge in [0.15, 0.2) is 0 Å². The van der Waals surface area contributed by atoms with Crippen molar-refractivity contribution in [3.63, 3.8) is 0 Å². The number of carboxylic acids is 1. The van der Waals surface area contributed by atoms with Crippen LogP contribution in [0.15, 0.2) is 36.4 Å². The minimum atomic E-state index is -0.964. The van der Waals surface area contributed by atoms with Gasteiger partial charge in [0.25, 0.3) is 0 Å². The molecule has 19 heavy (non-hydrogen) atoms. The molecule has 0 bridgehead atoms. The zero-order valence-corrected chi connectivity index (χ0v) is 11.5. The third-order valence-corrected chi connectivity index (χ3v) is 3.08. The summed E-state index contributed by atoms with van der Waals surface area (Å²) >= 11 is 11.8. The summed E-state index contributed by atoms with van der Waals surface area (Å²) in [6.45, 7) is 1.71. The Morgan fingerprint density at radius 2 is 1.89 bits per heavy atom. The molecule has 0 radical (unpaired) electrons. The zero-order chi connectivity index (χ0) is 14.0. The molecule has 0 aromatic heterocycles. The maximum absolute atomic E-state index is 10.9. The van der Waals surface area contributed by atoms with E-state index < -0.39 is 5.97 Å². The molecule has 0 amide bonds. The van der Waals surface area contributed by atoms with Gasteiger partial charge in [-0.2, -0.15) is 0 Å². The lowest BCUT2D eigenvalue weighted by molar-refractivity contribution is 0.0696. The minimum Gasteiger partial charge on any atom is -0.478 e. The topological polar surface area (TPSA) is 46.5 Å². The Bertz CT molecular complexity index is 639. The van der Waals surface area contributed by atoms with Crippen molar-refractivity contribution in [2.24, 2.45) is 0 Å². The minimum absolute atomic E-state index is 0.245. The van der Waals surface area contributed by atoms with Gasteiger partial charge >= 0.3 is 5.97 Å². The van der Waals surface area contributed by atoms with Crippen LogP contribution in [0.4, 0.5) is 0 Å². The number of halogens is 2. The molecular weight excluding hydrogens is 287 g/mol. The molecule has 2 aromatic carbocycles. The van der Waals surface area contributed by atoms with Gasteiger partial charge in [0, 0.05) is 5.02 Å². The van der Waals surface area contributed by atoms with Gasteiger partial charge in [-0.3, -0.25) is 0 Å². The number of hydrogen-bond donors (Lipinski definition) is 1. The maximum Gasteiger partial charge on any atom is 0.335 e. The highest BCUT2D eigenvalue weighted by Gasteiger charge is 2.09. The normalized spacial score (nSPS) is 10.3. The van der Waals surface area contributed by atoms with Crippen LogP contribution >= 0.6 is 23.2 Å². The van der Waals surface area contributed by atoms with Crippen LogP contribution < -0.4 is 4.74 Å². The monoisotopic (exact) mass is 296 g/mol. The summed E-state index contributed by atoms with van der Waals surface area (Å²) in [4.78, 5) is 10.9. The molecule has 0 aliphatic rings. The van der Waals surface area contributed by atoms with Crippen molar-refractivity contribution in [2.45, 2.75) is 6.92 Å². The number of benzene rings is 2. The quantitative estimate of drug-likeness (QED) is 0.885. The second-order valence-corrected chi connectivity index (χ2v) is 4.80. The molecule has 0 saturated carbocycles. The Hall–Kier alpha value is -1.71. The summed E-state index contributed by atoms with van der Waals surface area (Å²) in [6, 6.07) is 9.63. The van der Waals surface area contributed by atoms with Gasteiger partial charge < -0.3 is 9.84 Å². The van der Waals surface area contributed by atoms with Crippen LogP contribution in [0.1, 0.15) is 15.9 Å². The van der Waals surface area contributed by atoms with Crippen molar-refractivity contribution in [2.75, 3.05) is 0 Å². The molecule has 0 unspecified atom stereocenters. The third kappa shape index (κ3) is 3.19. The number of ether oxygens (including phenoxy) is 1. The van der Waals surface area contributed by atoms with Crippen molar-refractivity contribution in [3.8, 4) is 11.5 Å². The lowest BCUT2D eigenvalue weighted by Gasteiger charge is -2.09. The van der Waals surface area contributed by atoms with Gasteiger partial charge in [0.05, 0.1) is 10.6 Å². The van der Waals surface area contributed by atoms with Gasteiger partial charge in [-0.05, 0) is 48.9 Å². The summed E-state index contributed by atoms with van der Waals surface area (Å²) in [5.74, 6) is 0.0221. The molecule has 98 valence electrons. The van der Waals surface area contributed by atoms with E-state index in [-0.39, 0.29) is 5.56 Å². The van der Waals surface area contributed by atoms with Crippen LogP contribution in [0.5, 0.6) is 11.5 Å². The van der Waals surface area contributed by atoms with Crippen LogP contribution in [0, 0.1) is 6.92 Å². The molecule has 0 aliphatic carbocycles. The molecule has 1 N–H and O–H groups in total. The van der Waals surface area contributed by atoms with Crippen molar-refractivity contribution in [1.82, 2.24) is 0 Å². The van der Waals surface area contributed by atoms with E-state index in [0.717, 1.165) is 0 Å². The summed E-state index contributed by atoms with van der Waals surface area (Å²) in [7, 11) is 0. The summed E-state index contributed by atoms with van der Waals surface area (Å²) in [5.41, 5.74) is 0.865. The molecule has 0 aliphatic heterocycles. The predicted molar refractivity (Wildman–Crippen MR) is 74.7 cm³/mol. The standard InChI is InChI=1S/C14H10Cl2O3/c1-8-6-10(3-4-11(8)14(17)18)19-13-5-2-9(15)7-12(13)16/h2-7H,1H3,(H,17,18). The molecule has 2 aromatic rings. The number of carbonyl (C=O) groups is 1. The van der Waals surface area contributed by atoms with Gasteiger partial charge in [0.2, 0.25) is 0 Å². The van der Waals surface area contributed by atoms with Crippen LogP contribution in [-0.4, -0.2) is 11.1 Å². The summed E-state index contributed by atoms with van der Waals surface area (Å²) in [5, 5.41) is 9.86. The van der Waals surface area contributed by atoms with E-state index >= 15 is 0 Å². The average Bonchev–Trinajstić information content (AvgIpc) is 2.32. The average molecular weight is 297 g/mol. The molecule has 0 heterocycles. The van der Waals surface area contributed by atoms with E-state index in [9.17, 15) is 4.79 Å². The third-order valence-electron chi connectivity index (χ3n) is 2.55. The first-order valence-corrected chi connectivity index (χ1v) is 6.20. The Morgan fingerprint density at radius 3 is 2.47 bits per heavy atom. The first kappa shape index (κ1) is 13.7. The Morgan fingerprint density at radius 1 is 1.16 bits per heavy atom. The zero-order valence-electron chi connectivity index (χ0n) is 9.98. The highest BCUT2D eigenvalue weighted by atomic mass is 35.5. The fourth-order valence-electron chi connectivity index (χ4n) is 1.62. The van der Waals surface area contributed by atoms with E-state index in [2.05, 4.69) is 0 Å². The van der Waals surface area contributed by atoms with Gasteiger partial charge in [-0.25, -0.2) is 4.79 Å². The highest BCUT2D eigenvalue weighted by Crippen LogP contribution is 2.32. The SMILES string of the molecule is Cc1cc(Oc2ccc(Cl)cc2Cl)ccc1C(=O)O. The number of rotatable bonds is 3. The van der Waals surface area contributed by atoms with Crippen molar-refractivity contribution in [3.05, 3.63) is 57.6 Å². The highest BCUT2D eigenvalue weighted by molar-refractivity contribution is 6.35. The Kier molecular flexibility index (Phi) is 3.98. The summed E-state index contributed by atoms with van der Waals surface area (Å²) in [6.07, 6.45) is 0. The van der Waals surface area contributed by atoms with Gasteiger partial charge in [0.1, 0.15) is 11.5 Å². The number of aryl methyl sites for hydroxylation is 1. The second kappa shape index (κ2) is 5.51. The van der Waals surface area contributed by atoms with E-state index in [4.69, 9.17) is 33.0 Å². The number of aromatic carboxylic acids is 1. The maximum atomic E-state index is 10.9. The van der Waals surface area contributed by atoms with Crippen LogP contribution in [0.25, 0.3) is 0 Å². The molecule has 0 spiro atoms. The first-order valence-electron chi connectivity index (χ1n) is 5.44. The second-order valence-electron chi connectivity index (χ2n) is 3.96. The van der Waals surface area contributed by atoms with Gasteiger partial charge in [-0.15, -0.1) is 0 Å². The van der Waals surface area contributed by atoms with E-state index in [1.807, 2.05) is 0 Å². The fraction of sp³-hybridized carbons (Fsp3) is 0.0714. The van der Waals surface area contributed by atoms with Gasteiger partial charge in [-0.1, -0.05) is 23.2 Å². The van der Waals surface area contributed by atoms with Crippen LogP contribution in [0.2, 0.25) is 10.0 Å². The van der Waals surface area contributed by atoms with Crippen LogP contribution in [0.3, 0.4) is 0 Å². The molecular formula is C14H10Cl2O3. The van der Waals surface area contributed by atoms with E-state index in [1.165, 1.54) is 6.07 Å².